The number of pyridine rings is 1. The lowest BCUT2D eigenvalue weighted by Gasteiger charge is -2.17. The van der Waals surface area contributed by atoms with E-state index in [2.05, 4.69) is 15.1 Å². The van der Waals surface area contributed by atoms with Crippen molar-refractivity contribution in [3.8, 4) is 5.75 Å². The number of hydrogen-bond donors (Lipinski definition) is 2. The summed E-state index contributed by atoms with van der Waals surface area (Å²) in [4.78, 5) is 3.99. The first-order chi connectivity index (χ1) is 9.98. The smallest absolute Gasteiger partial charge is 0.406 e. The van der Waals surface area contributed by atoms with Gasteiger partial charge in [-0.1, -0.05) is 18.2 Å². The molecule has 0 aliphatic carbocycles. The number of nitrogens with two attached hydrogens (primary N) is 1. The van der Waals surface area contributed by atoms with Crippen LogP contribution in [0.3, 0.4) is 0 Å². The van der Waals surface area contributed by atoms with E-state index in [0.29, 0.717) is 12.0 Å². The molecule has 0 aliphatic rings. The first-order valence-corrected chi connectivity index (χ1v) is 6.18. The van der Waals surface area contributed by atoms with E-state index in [1.807, 2.05) is 6.07 Å². The van der Waals surface area contributed by atoms with Crippen LogP contribution in [0.5, 0.6) is 5.75 Å². The maximum atomic E-state index is 12.2. The molecule has 1 aromatic heterocycles. The highest BCUT2D eigenvalue weighted by Gasteiger charge is 2.31. The number of alkyl halides is 3. The van der Waals surface area contributed by atoms with Crippen LogP contribution in [0.25, 0.3) is 0 Å². The summed E-state index contributed by atoms with van der Waals surface area (Å²) in [7, 11) is 0. The highest BCUT2D eigenvalue weighted by atomic mass is 19.4. The van der Waals surface area contributed by atoms with Gasteiger partial charge < -0.3 is 4.74 Å². The fraction of sp³-hybridized carbons (Fsp3) is 0.214. The van der Waals surface area contributed by atoms with Crippen LogP contribution in [0.1, 0.15) is 17.2 Å². The summed E-state index contributed by atoms with van der Waals surface area (Å²) in [6, 6.07) is 9.04. The van der Waals surface area contributed by atoms with Crippen LogP contribution in [0.4, 0.5) is 13.2 Å². The van der Waals surface area contributed by atoms with Crippen molar-refractivity contribution in [1.82, 2.24) is 10.4 Å². The van der Waals surface area contributed by atoms with Crippen molar-refractivity contribution in [3.63, 3.8) is 0 Å². The normalized spacial score (nSPS) is 13.0. The predicted octanol–water partition coefficient (Wildman–Crippen LogP) is 2.73. The number of nitrogens with one attached hydrogen (secondary N) is 1. The zero-order chi connectivity index (χ0) is 15.3. The number of nitrogens with zero attached hydrogens (tertiary/aromatic N) is 1. The van der Waals surface area contributed by atoms with Gasteiger partial charge in [0.05, 0.1) is 6.04 Å². The molecule has 1 unspecified atom stereocenters. The Bertz CT molecular complexity index is 575. The predicted molar refractivity (Wildman–Crippen MR) is 71.1 cm³/mol. The topological polar surface area (TPSA) is 60.2 Å². The Morgan fingerprint density at radius 1 is 1.24 bits per heavy atom. The van der Waals surface area contributed by atoms with Crippen molar-refractivity contribution in [3.05, 3.63) is 59.9 Å². The molecule has 0 radical (unpaired) electrons. The van der Waals surface area contributed by atoms with E-state index in [1.54, 1.807) is 24.5 Å². The van der Waals surface area contributed by atoms with Crippen LogP contribution < -0.4 is 16.0 Å². The number of benzene rings is 1. The molecule has 0 spiro atoms. The summed E-state index contributed by atoms with van der Waals surface area (Å²) >= 11 is 0. The second-order valence-electron chi connectivity index (χ2n) is 4.40. The highest BCUT2D eigenvalue weighted by Crippen LogP contribution is 2.26. The van der Waals surface area contributed by atoms with E-state index >= 15 is 0 Å². The summed E-state index contributed by atoms with van der Waals surface area (Å²) < 4.78 is 40.6. The van der Waals surface area contributed by atoms with Gasteiger partial charge in [0, 0.05) is 12.4 Å². The van der Waals surface area contributed by atoms with Gasteiger partial charge in [0.25, 0.3) is 0 Å². The van der Waals surface area contributed by atoms with Crippen molar-refractivity contribution in [1.29, 1.82) is 0 Å². The van der Waals surface area contributed by atoms with E-state index in [4.69, 9.17) is 5.84 Å². The van der Waals surface area contributed by atoms with E-state index in [1.165, 1.54) is 18.2 Å². The van der Waals surface area contributed by atoms with Gasteiger partial charge in [-0.3, -0.25) is 16.3 Å². The van der Waals surface area contributed by atoms with Crippen molar-refractivity contribution in [2.45, 2.75) is 18.8 Å². The second kappa shape index (κ2) is 6.55. The highest BCUT2D eigenvalue weighted by molar-refractivity contribution is 5.31. The van der Waals surface area contributed by atoms with Crippen LogP contribution in [-0.4, -0.2) is 11.3 Å². The van der Waals surface area contributed by atoms with Crippen LogP contribution in [-0.2, 0) is 6.42 Å². The van der Waals surface area contributed by atoms with Gasteiger partial charge in [-0.05, 0) is 35.7 Å². The Hall–Kier alpha value is -2.12. The SMILES string of the molecule is NNC(Cc1cccnc1)c1cccc(OC(F)(F)F)c1. The van der Waals surface area contributed by atoms with Gasteiger partial charge in [-0.25, -0.2) is 0 Å². The first-order valence-electron chi connectivity index (χ1n) is 6.18. The summed E-state index contributed by atoms with van der Waals surface area (Å²) in [5.41, 5.74) is 4.11. The third-order valence-corrected chi connectivity index (χ3v) is 2.86. The fourth-order valence-electron chi connectivity index (χ4n) is 1.96. The zero-order valence-electron chi connectivity index (χ0n) is 11.0. The minimum atomic E-state index is -4.71. The summed E-state index contributed by atoms with van der Waals surface area (Å²) in [6.07, 6.45) is -0.889. The number of rotatable bonds is 5. The molecule has 0 saturated carbocycles. The van der Waals surface area contributed by atoms with Gasteiger partial charge in [0.1, 0.15) is 5.75 Å². The van der Waals surface area contributed by atoms with Crippen LogP contribution >= 0.6 is 0 Å². The largest absolute Gasteiger partial charge is 0.573 e. The molecule has 4 nitrogen and oxygen atoms in total. The molecular weight excluding hydrogens is 283 g/mol. The van der Waals surface area contributed by atoms with Gasteiger partial charge in [0.15, 0.2) is 0 Å². The third kappa shape index (κ3) is 4.73. The molecule has 3 N–H and O–H groups in total. The molecule has 0 amide bonds. The number of halogens is 3. The monoisotopic (exact) mass is 297 g/mol. The number of aromatic nitrogens is 1. The van der Waals surface area contributed by atoms with Gasteiger partial charge >= 0.3 is 6.36 Å². The Kier molecular flexibility index (Phi) is 4.77. The average Bonchev–Trinajstić information content (AvgIpc) is 2.44. The average molecular weight is 297 g/mol. The minimum absolute atomic E-state index is 0.272. The molecular formula is C14H14F3N3O. The number of hydrazine groups is 1. The Balaban J connectivity index is 2.16. The lowest BCUT2D eigenvalue weighted by atomic mass is 10.0. The molecule has 1 aromatic carbocycles. The van der Waals surface area contributed by atoms with E-state index in [-0.39, 0.29) is 11.8 Å². The molecule has 0 fully saturated rings. The quantitative estimate of drug-likeness (QED) is 0.658. The van der Waals surface area contributed by atoms with E-state index in [0.717, 1.165) is 5.56 Å². The second-order valence-corrected chi connectivity index (χ2v) is 4.40. The number of hydrogen-bond acceptors (Lipinski definition) is 4. The van der Waals surface area contributed by atoms with Crippen LogP contribution in [0.15, 0.2) is 48.8 Å². The molecule has 1 heterocycles. The number of ether oxygens (including phenoxy) is 1. The minimum Gasteiger partial charge on any atom is -0.406 e. The van der Waals surface area contributed by atoms with E-state index < -0.39 is 6.36 Å². The standard InChI is InChI=1S/C14H14F3N3O/c15-14(16,17)21-12-5-1-4-11(8-12)13(20-18)7-10-3-2-6-19-9-10/h1-6,8-9,13,20H,7,18H2. The fourth-order valence-corrected chi connectivity index (χ4v) is 1.96. The first kappa shape index (κ1) is 15.3. The van der Waals surface area contributed by atoms with Crippen molar-refractivity contribution in [2.24, 2.45) is 5.84 Å². The molecule has 112 valence electrons. The molecule has 2 rings (SSSR count). The summed E-state index contributed by atoms with van der Waals surface area (Å²) in [6.45, 7) is 0. The molecule has 0 aliphatic heterocycles. The summed E-state index contributed by atoms with van der Waals surface area (Å²) in [5, 5.41) is 0. The van der Waals surface area contributed by atoms with Gasteiger partial charge in [-0.2, -0.15) is 0 Å². The Morgan fingerprint density at radius 2 is 2.05 bits per heavy atom. The lowest BCUT2D eigenvalue weighted by molar-refractivity contribution is -0.274. The Morgan fingerprint density at radius 3 is 2.67 bits per heavy atom. The molecule has 0 bridgehead atoms. The van der Waals surface area contributed by atoms with Crippen molar-refractivity contribution >= 4 is 0 Å². The van der Waals surface area contributed by atoms with Crippen molar-refractivity contribution < 1.29 is 17.9 Å². The third-order valence-electron chi connectivity index (χ3n) is 2.86. The molecule has 0 saturated heterocycles. The Labute approximate surface area is 119 Å². The van der Waals surface area contributed by atoms with Gasteiger partial charge in [-0.15, -0.1) is 13.2 Å². The van der Waals surface area contributed by atoms with Crippen LogP contribution in [0, 0.1) is 0 Å². The van der Waals surface area contributed by atoms with Gasteiger partial charge in [0.2, 0.25) is 0 Å². The van der Waals surface area contributed by atoms with Crippen molar-refractivity contribution in [2.75, 3.05) is 0 Å². The lowest BCUT2D eigenvalue weighted by Crippen LogP contribution is -2.29. The maximum absolute atomic E-state index is 12.2. The molecule has 1 atom stereocenters. The zero-order valence-corrected chi connectivity index (χ0v) is 11.0. The van der Waals surface area contributed by atoms with Crippen LogP contribution in [0.2, 0.25) is 0 Å². The molecule has 2 aromatic rings. The molecule has 7 heteroatoms. The maximum Gasteiger partial charge on any atom is 0.573 e. The molecule has 21 heavy (non-hydrogen) atoms. The summed E-state index contributed by atoms with van der Waals surface area (Å²) in [5.74, 6) is 5.22. The van der Waals surface area contributed by atoms with E-state index in [9.17, 15) is 13.2 Å².